The number of esters is 1. The minimum absolute atomic E-state index is 0.373. The molecule has 2 rings (SSSR count). The van der Waals surface area contributed by atoms with Crippen LogP contribution in [0.15, 0.2) is 36.4 Å². The second kappa shape index (κ2) is 3.91. The summed E-state index contributed by atoms with van der Waals surface area (Å²) < 4.78 is 4.64. The van der Waals surface area contributed by atoms with Crippen LogP contribution in [0.4, 0.5) is 0 Å². The number of fused-ring (bicyclic) bond motifs is 1. The fraction of sp³-hybridized carbons (Fsp3) is 0.0833. The molecule has 0 bridgehead atoms. The molecule has 2 aromatic rings. The van der Waals surface area contributed by atoms with E-state index < -0.39 is 0 Å². The Labute approximate surface area is 92.4 Å². The molecule has 0 atom stereocenters. The van der Waals surface area contributed by atoms with Crippen LogP contribution >= 0.6 is 11.6 Å². The third-order valence-corrected chi connectivity index (χ3v) is 2.55. The smallest absolute Gasteiger partial charge is 0.337 e. The van der Waals surface area contributed by atoms with Gasteiger partial charge >= 0.3 is 5.97 Å². The number of ether oxygens (including phenoxy) is 1. The molecular formula is C12H9ClO2. The lowest BCUT2D eigenvalue weighted by Gasteiger charge is -2.04. The molecule has 0 saturated carbocycles. The molecule has 0 N–H and O–H groups in total. The van der Waals surface area contributed by atoms with E-state index in [1.807, 2.05) is 24.3 Å². The molecule has 0 amide bonds. The van der Waals surface area contributed by atoms with Crippen LogP contribution in [0, 0.1) is 0 Å². The van der Waals surface area contributed by atoms with Crippen LogP contribution in [-0.4, -0.2) is 13.1 Å². The third kappa shape index (κ3) is 1.81. The van der Waals surface area contributed by atoms with Crippen molar-refractivity contribution in [3.05, 3.63) is 47.0 Å². The van der Waals surface area contributed by atoms with Gasteiger partial charge in [-0.25, -0.2) is 4.79 Å². The van der Waals surface area contributed by atoms with Crippen molar-refractivity contribution in [2.24, 2.45) is 0 Å². The van der Waals surface area contributed by atoms with Crippen molar-refractivity contribution < 1.29 is 9.53 Å². The molecule has 15 heavy (non-hydrogen) atoms. The minimum Gasteiger partial charge on any atom is -0.465 e. The van der Waals surface area contributed by atoms with E-state index in [0.717, 1.165) is 10.8 Å². The van der Waals surface area contributed by atoms with Crippen molar-refractivity contribution in [1.82, 2.24) is 0 Å². The van der Waals surface area contributed by atoms with Crippen molar-refractivity contribution in [2.45, 2.75) is 0 Å². The van der Waals surface area contributed by atoms with Gasteiger partial charge in [0.15, 0.2) is 0 Å². The summed E-state index contributed by atoms with van der Waals surface area (Å²) >= 11 is 6.06. The average Bonchev–Trinajstić information content (AvgIpc) is 2.28. The fourth-order valence-electron chi connectivity index (χ4n) is 1.50. The fourth-order valence-corrected chi connectivity index (χ4v) is 1.79. The molecule has 0 aromatic heterocycles. The summed E-state index contributed by atoms with van der Waals surface area (Å²) in [5, 5.41) is 2.44. The number of rotatable bonds is 1. The van der Waals surface area contributed by atoms with E-state index in [9.17, 15) is 4.79 Å². The van der Waals surface area contributed by atoms with Crippen LogP contribution < -0.4 is 0 Å². The predicted molar refractivity (Wildman–Crippen MR) is 60.3 cm³/mol. The Morgan fingerprint density at radius 1 is 1.27 bits per heavy atom. The van der Waals surface area contributed by atoms with Gasteiger partial charge in [-0.15, -0.1) is 0 Å². The number of methoxy groups -OCH3 is 1. The largest absolute Gasteiger partial charge is 0.465 e. The summed E-state index contributed by atoms with van der Waals surface area (Å²) in [5.74, 6) is -0.373. The Kier molecular flexibility index (Phi) is 2.60. The van der Waals surface area contributed by atoms with Crippen molar-refractivity contribution in [3.63, 3.8) is 0 Å². The van der Waals surface area contributed by atoms with E-state index in [1.54, 1.807) is 12.1 Å². The zero-order chi connectivity index (χ0) is 10.8. The first-order chi connectivity index (χ1) is 7.22. The Bertz CT molecular complexity index is 520. The van der Waals surface area contributed by atoms with Crippen molar-refractivity contribution >= 4 is 28.3 Å². The molecule has 3 heteroatoms. The third-order valence-electron chi connectivity index (χ3n) is 2.23. The summed E-state index contributed by atoms with van der Waals surface area (Å²) in [6.07, 6.45) is 0. The average molecular weight is 221 g/mol. The number of benzene rings is 2. The summed E-state index contributed by atoms with van der Waals surface area (Å²) in [6, 6.07) is 11.0. The summed E-state index contributed by atoms with van der Waals surface area (Å²) in [5.41, 5.74) is 0.473. The highest BCUT2D eigenvalue weighted by Crippen LogP contribution is 2.25. The van der Waals surface area contributed by atoms with Crippen LogP contribution in [0.2, 0.25) is 5.02 Å². The van der Waals surface area contributed by atoms with Crippen LogP contribution in [0.1, 0.15) is 10.4 Å². The Morgan fingerprint density at radius 3 is 2.73 bits per heavy atom. The van der Waals surface area contributed by atoms with Gasteiger partial charge in [0.25, 0.3) is 0 Å². The van der Waals surface area contributed by atoms with E-state index in [0.29, 0.717) is 10.6 Å². The van der Waals surface area contributed by atoms with E-state index >= 15 is 0 Å². The molecule has 0 spiro atoms. The van der Waals surface area contributed by atoms with Gasteiger partial charge in [0, 0.05) is 10.4 Å². The number of halogens is 1. The van der Waals surface area contributed by atoms with Gasteiger partial charge in [-0.3, -0.25) is 0 Å². The van der Waals surface area contributed by atoms with Gasteiger partial charge in [0.05, 0.1) is 12.7 Å². The lowest BCUT2D eigenvalue weighted by Crippen LogP contribution is -2.00. The molecule has 0 radical (unpaired) electrons. The number of carbonyl (C=O) groups is 1. The zero-order valence-electron chi connectivity index (χ0n) is 8.16. The second-order valence-corrected chi connectivity index (χ2v) is 3.58. The molecule has 0 aliphatic rings. The summed E-state index contributed by atoms with van der Waals surface area (Å²) in [7, 11) is 1.35. The van der Waals surface area contributed by atoms with E-state index in [1.165, 1.54) is 7.11 Å². The van der Waals surface area contributed by atoms with Crippen LogP contribution in [0.25, 0.3) is 10.8 Å². The second-order valence-electron chi connectivity index (χ2n) is 3.17. The van der Waals surface area contributed by atoms with Gasteiger partial charge in [-0.05, 0) is 17.5 Å². The number of hydrogen-bond acceptors (Lipinski definition) is 2. The number of carbonyl (C=O) groups excluding carboxylic acids is 1. The van der Waals surface area contributed by atoms with E-state index in [-0.39, 0.29) is 5.97 Å². The van der Waals surface area contributed by atoms with Crippen molar-refractivity contribution in [1.29, 1.82) is 0 Å². The maximum absolute atomic E-state index is 11.3. The van der Waals surface area contributed by atoms with Crippen molar-refractivity contribution in [2.75, 3.05) is 7.11 Å². The van der Waals surface area contributed by atoms with Gasteiger partial charge in [0.1, 0.15) is 0 Å². The molecule has 2 aromatic carbocycles. The summed E-state index contributed by atoms with van der Waals surface area (Å²) in [6.45, 7) is 0. The maximum Gasteiger partial charge on any atom is 0.337 e. The molecule has 0 unspecified atom stereocenters. The van der Waals surface area contributed by atoms with Gasteiger partial charge in [-0.2, -0.15) is 0 Å². The highest BCUT2D eigenvalue weighted by Gasteiger charge is 2.08. The first-order valence-electron chi connectivity index (χ1n) is 4.49. The first-order valence-corrected chi connectivity index (χ1v) is 4.87. The molecule has 0 saturated heterocycles. The highest BCUT2D eigenvalue weighted by molar-refractivity contribution is 6.36. The Hall–Kier alpha value is -1.54. The van der Waals surface area contributed by atoms with Crippen LogP contribution in [0.3, 0.4) is 0 Å². The Balaban J connectivity index is 2.67. The first kappa shape index (κ1) is 9.99. The summed E-state index contributed by atoms with van der Waals surface area (Å²) in [4.78, 5) is 11.3. The monoisotopic (exact) mass is 220 g/mol. The van der Waals surface area contributed by atoms with Crippen LogP contribution in [-0.2, 0) is 4.74 Å². The standard InChI is InChI=1S/C12H9ClO2/c1-15-12(14)9-6-8-4-2-3-5-10(8)11(13)7-9/h2-7H,1H3. The van der Waals surface area contributed by atoms with Crippen LogP contribution in [0.5, 0.6) is 0 Å². The van der Waals surface area contributed by atoms with E-state index in [2.05, 4.69) is 4.74 Å². The minimum atomic E-state index is -0.373. The molecule has 0 fully saturated rings. The normalized spacial score (nSPS) is 10.3. The lowest BCUT2D eigenvalue weighted by atomic mass is 10.1. The van der Waals surface area contributed by atoms with E-state index in [4.69, 9.17) is 11.6 Å². The topological polar surface area (TPSA) is 26.3 Å². The van der Waals surface area contributed by atoms with Gasteiger partial charge < -0.3 is 4.74 Å². The molecule has 0 aliphatic carbocycles. The van der Waals surface area contributed by atoms with Gasteiger partial charge in [-0.1, -0.05) is 35.9 Å². The van der Waals surface area contributed by atoms with Crippen molar-refractivity contribution in [3.8, 4) is 0 Å². The predicted octanol–water partition coefficient (Wildman–Crippen LogP) is 3.28. The molecule has 0 aliphatic heterocycles. The maximum atomic E-state index is 11.3. The molecular weight excluding hydrogens is 212 g/mol. The molecule has 0 heterocycles. The zero-order valence-corrected chi connectivity index (χ0v) is 8.91. The Morgan fingerprint density at radius 2 is 2.00 bits per heavy atom. The highest BCUT2D eigenvalue weighted by atomic mass is 35.5. The quantitative estimate of drug-likeness (QED) is 0.690. The SMILES string of the molecule is COC(=O)c1cc(Cl)c2ccccc2c1. The lowest BCUT2D eigenvalue weighted by molar-refractivity contribution is 0.0601. The van der Waals surface area contributed by atoms with Gasteiger partial charge in [0.2, 0.25) is 0 Å². The molecule has 76 valence electrons. The molecule has 2 nitrogen and oxygen atoms in total. The number of hydrogen-bond donors (Lipinski definition) is 0.